The fraction of sp³-hybridized carbons (Fsp3) is 0.364. The summed E-state index contributed by atoms with van der Waals surface area (Å²) in [6.07, 6.45) is 1.44. The molecule has 146 valence electrons. The summed E-state index contributed by atoms with van der Waals surface area (Å²) in [5.74, 6) is 0.422. The smallest absolute Gasteiger partial charge is 0.267 e. The Bertz CT molecular complexity index is 862. The zero-order valence-electron chi connectivity index (χ0n) is 15.9. The van der Waals surface area contributed by atoms with Crippen LogP contribution in [0.2, 0.25) is 0 Å². The second-order valence-electron chi connectivity index (χ2n) is 7.16. The number of ether oxygens (including phenoxy) is 2. The molecule has 0 bridgehead atoms. The van der Waals surface area contributed by atoms with Gasteiger partial charge in [-0.3, -0.25) is 9.59 Å². The molecular formula is C22H24N2O4. The summed E-state index contributed by atoms with van der Waals surface area (Å²) in [5, 5.41) is 2.90. The van der Waals surface area contributed by atoms with Crippen LogP contribution in [0.5, 0.6) is 5.75 Å². The molecule has 6 heteroatoms. The number of hydrogen-bond donors (Lipinski definition) is 1. The van der Waals surface area contributed by atoms with Gasteiger partial charge in [0.25, 0.3) is 11.8 Å². The Balaban J connectivity index is 1.54. The first-order valence-electron chi connectivity index (χ1n) is 9.70. The predicted octanol–water partition coefficient (Wildman–Crippen LogP) is 3.16. The monoisotopic (exact) mass is 380 g/mol. The van der Waals surface area contributed by atoms with Crippen molar-refractivity contribution in [3.8, 4) is 5.75 Å². The van der Waals surface area contributed by atoms with Crippen molar-refractivity contribution < 1.29 is 19.1 Å². The third-order valence-electron chi connectivity index (χ3n) is 5.12. The summed E-state index contributed by atoms with van der Waals surface area (Å²) in [6.45, 7) is 2.93. The number of carbonyl (C=O) groups excluding carboxylic acids is 2. The average Bonchev–Trinajstić information content (AvgIpc) is 3.25. The molecule has 2 amide bonds. The summed E-state index contributed by atoms with van der Waals surface area (Å²) < 4.78 is 11.2. The lowest BCUT2D eigenvalue weighted by Gasteiger charge is -2.33. The van der Waals surface area contributed by atoms with E-state index in [9.17, 15) is 9.59 Å². The van der Waals surface area contributed by atoms with Crippen LogP contribution >= 0.6 is 0 Å². The third kappa shape index (κ3) is 3.87. The maximum absolute atomic E-state index is 12.7. The molecule has 0 spiro atoms. The molecule has 1 fully saturated rings. The van der Waals surface area contributed by atoms with E-state index in [1.54, 1.807) is 30.0 Å². The first kappa shape index (κ1) is 18.5. The van der Waals surface area contributed by atoms with Crippen LogP contribution in [0.4, 0.5) is 11.4 Å². The maximum atomic E-state index is 12.7. The molecule has 0 radical (unpaired) electrons. The van der Waals surface area contributed by atoms with Crippen molar-refractivity contribution in [1.82, 2.24) is 0 Å². The highest BCUT2D eigenvalue weighted by atomic mass is 16.5. The predicted molar refractivity (Wildman–Crippen MR) is 107 cm³/mol. The summed E-state index contributed by atoms with van der Waals surface area (Å²) in [5.41, 5.74) is 2.48. The molecule has 2 aliphatic rings. The topological polar surface area (TPSA) is 67.9 Å². The molecule has 0 aliphatic carbocycles. The molecule has 2 heterocycles. The molecule has 1 saturated heterocycles. The number of amides is 2. The Morgan fingerprint density at radius 3 is 2.79 bits per heavy atom. The molecule has 6 nitrogen and oxygen atoms in total. The van der Waals surface area contributed by atoms with Crippen LogP contribution in [-0.2, 0) is 20.7 Å². The van der Waals surface area contributed by atoms with E-state index in [1.807, 2.05) is 30.3 Å². The van der Waals surface area contributed by atoms with Crippen LogP contribution in [0.3, 0.4) is 0 Å². The van der Waals surface area contributed by atoms with Gasteiger partial charge in [-0.05, 0) is 49.9 Å². The van der Waals surface area contributed by atoms with Crippen LogP contribution in [0.1, 0.15) is 25.3 Å². The molecule has 2 atom stereocenters. The SMILES string of the molecule is CC1Oc2ccc(NC(=O)C3CCCO3)cc2N(CCc2ccccc2)C1=O. The van der Waals surface area contributed by atoms with Gasteiger partial charge >= 0.3 is 0 Å². The van der Waals surface area contributed by atoms with Gasteiger partial charge in [0, 0.05) is 18.8 Å². The van der Waals surface area contributed by atoms with Gasteiger partial charge in [0.2, 0.25) is 0 Å². The summed E-state index contributed by atoms with van der Waals surface area (Å²) in [6, 6.07) is 15.5. The fourth-order valence-electron chi connectivity index (χ4n) is 3.61. The van der Waals surface area contributed by atoms with Gasteiger partial charge in [-0.15, -0.1) is 0 Å². The van der Waals surface area contributed by atoms with E-state index in [4.69, 9.17) is 9.47 Å². The van der Waals surface area contributed by atoms with Crippen LogP contribution < -0.4 is 15.0 Å². The first-order valence-corrected chi connectivity index (χ1v) is 9.70. The van der Waals surface area contributed by atoms with Gasteiger partial charge in [-0.25, -0.2) is 0 Å². The lowest BCUT2D eigenvalue weighted by atomic mass is 10.1. The van der Waals surface area contributed by atoms with Gasteiger partial charge in [-0.2, -0.15) is 0 Å². The van der Waals surface area contributed by atoms with Crippen LogP contribution in [0.15, 0.2) is 48.5 Å². The number of benzene rings is 2. The average molecular weight is 380 g/mol. The highest BCUT2D eigenvalue weighted by molar-refractivity contribution is 6.01. The molecule has 4 rings (SSSR count). The lowest BCUT2D eigenvalue weighted by molar-refractivity contribution is -0.125. The van der Waals surface area contributed by atoms with E-state index >= 15 is 0 Å². The van der Waals surface area contributed by atoms with Crippen molar-refractivity contribution >= 4 is 23.2 Å². The standard InChI is InChI=1S/C22H24N2O4/c1-15-22(26)24(12-11-16-6-3-2-4-7-16)18-14-17(9-10-19(18)28-15)23-21(25)20-8-5-13-27-20/h2-4,6-7,9-10,14-15,20H,5,8,11-13H2,1H3,(H,23,25). The molecule has 0 aromatic heterocycles. The van der Waals surface area contributed by atoms with Crippen molar-refractivity contribution in [3.05, 3.63) is 54.1 Å². The summed E-state index contributed by atoms with van der Waals surface area (Å²) in [4.78, 5) is 26.8. The van der Waals surface area contributed by atoms with E-state index in [0.29, 0.717) is 30.3 Å². The minimum atomic E-state index is -0.532. The number of nitrogens with one attached hydrogen (secondary N) is 1. The lowest BCUT2D eigenvalue weighted by Crippen LogP contribution is -2.45. The zero-order chi connectivity index (χ0) is 19.5. The number of carbonyl (C=O) groups is 2. The molecule has 0 saturated carbocycles. The number of rotatable bonds is 5. The van der Waals surface area contributed by atoms with Gasteiger partial charge in [0.05, 0.1) is 5.69 Å². The number of anilines is 2. The second-order valence-corrected chi connectivity index (χ2v) is 7.16. The first-order chi connectivity index (χ1) is 13.6. The fourth-order valence-corrected chi connectivity index (χ4v) is 3.61. The van der Waals surface area contributed by atoms with Crippen LogP contribution in [-0.4, -0.2) is 37.2 Å². The number of fused-ring (bicyclic) bond motifs is 1. The van der Waals surface area contributed by atoms with E-state index in [0.717, 1.165) is 19.3 Å². The third-order valence-corrected chi connectivity index (χ3v) is 5.12. The normalized spacial score (nSPS) is 21.2. The molecule has 2 aromatic carbocycles. The molecule has 28 heavy (non-hydrogen) atoms. The van der Waals surface area contributed by atoms with Gasteiger partial charge < -0.3 is 19.7 Å². The molecule has 2 aliphatic heterocycles. The van der Waals surface area contributed by atoms with E-state index in [2.05, 4.69) is 5.32 Å². The minimum Gasteiger partial charge on any atom is -0.479 e. The van der Waals surface area contributed by atoms with Gasteiger partial charge in [0.15, 0.2) is 6.10 Å². The van der Waals surface area contributed by atoms with Crippen LogP contribution in [0.25, 0.3) is 0 Å². The molecule has 2 unspecified atom stereocenters. The Morgan fingerprint density at radius 1 is 1.21 bits per heavy atom. The maximum Gasteiger partial charge on any atom is 0.267 e. The molecular weight excluding hydrogens is 356 g/mol. The Morgan fingerprint density at radius 2 is 2.04 bits per heavy atom. The van der Waals surface area contributed by atoms with Crippen molar-refractivity contribution in [2.45, 2.75) is 38.4 Å². The zero-order valence-corrected chi connectivity index (χ0v) is 15.9. The highest BCUT2D eigenvalue weighted by Gasteiger charge is 2.32. The van der Waals surface area contributed by atoms with E-state index in [1.165, 1.54) is 5.56 Å². The largest absolute Gasteiger partial charge is 0.479 e. The second kappa shape index (κ2) is 8.02. The number of nitrogens with zero attached hydrogens (tertiary/aromatic N) is 1. The summed E-state index contributed by atoms with van der Waals surface area (Å²) in [7, 11) is 0. The van der Waals surface area contributed by atoms with E-state index < -0.39 is 12.2 Å². The number of hydrogen-bond acceptors (Lipinski definition) is 4. The van der Waals surface area contributed by atoms with Gasteiger partial charge in [-0.1, -0.05) is 30.3 Å². The Labute approximate surface area is 164 Å². The quantitative estimate of drug-likeness (QED) is 0.865. The highest BCUT2D eigenvalue weighted by Crippen LogP contribution is 2.36. The van der Waals surface area contributed by atoms with Crippen molar-refractivity contribution in [1.29, 1.82) is 0 Å². The Hall–Kier alpha value is -2.86. The summed E-state index contributed by atoms with van der Waals surface area (Å²) >= 11 is 0. The molecule has 1 N–H and O–H groups in total. The van der Waals surface area contributed by atoms with Crippen LogP contribution in [0, 0.1) is 0 Å². The van der Waals surface area contributed by atoms with E-state index in [-0.39, 0.29) is 11.8 Å². The Kier molecular flexibility index (Phi) is 5.30. The van der Waals surface area contributed by atoms with Crippen molar-refractivity contribution in [2.75, 3.05) is 23.4 Å². The molecule has 2 aromatic rings. The minimum absolute atomic E-state index is 0.0777. The van der Waals surface area contributed by atoms with Crippen molar-refractivity contribution in [2.24, 2.45) is 0 Å². The van der Waals surface area contributed by atoms with Gasteiger partial charge in [0.1, 0.15) is 11.9 Å². The van der Waals surface area contributed by atoms with Crippen molar-refractivity contribution in [3.63, 3.8) is 0 Å².